The van der Waals surface area contributed by atoms with Crippen LogP contribution in [0.15, 0.2) is 35.2 Å². The van der Waals surface area contributed by atoms with Gasteiger partial charge < -0.3 is 9.47 Å². The van der Waals surface area contributed by atoms with Crippen molar-refractivity contribution in [3.8, 4) is 5.88 Å². The SMILES string of the molecule is Fc1cccnc1OC[C@H]1CCOC12CN(Cc1ccsc1)C2. The maximum atomic E-state index is 13.6. The van der Waals surface area contributed by atoms with Crippen LogP contribution in [0.2, 0.25) is 0 Å². The summed E-state index contributed by atoms with van der Waals surface area (Å²) in [5.41, 5.74) is 1.23. The van der Waals surface area contributed by atoms with Gasteiger partial charge >= 0.3 is 0 Å². The maximum absolute atomic E-state index is 13.6. The van der Waals surface area contributed by atoms with Crippen LogP contribution in [0.1, 0.15) is 12.0 Å². The minimum atomic E-state index is -0.409. The molecule has 2 aliphatic heterocycles. The standard InChI is InChI=1S/C17H19FN2O2S/c18-15-2-1-5-19-16(15)21-9-14-3-6-22-17(14)11-20(12-17)8-13-4-7-23-10-13/h1-2,4-5,7,10,14H,3,6,8-9,11-12H2/t14-/m1/s1. The molecule has 0 amide bonds. The van der Waals surface area contributed by atoms with E-state index in [9.17, 15) is 4.39 Å². The molecule has 122 valence electrons. The molecule has 2 saturated heterocycles. The van der Waals surface area contributed by atoms with E-state index in [1.54, 1.807) is 23.6 Å². The summed E-state index contributed by atoms with van der Waals surface area (Å²) in [6, 6.07) is 5.10. The average molecular weight is 334 g/mol. The number of thiophene rings is 1. The third kappa shape index (κ3) is 2.98. The van der Waals surface area contributed by atoms with Gasteiger partial charge in [0.2, 0.25) is 5.88 Å². The van der Waals surface area contributed by atoms with Crippen LogP contribution in [-0.4, -0.2) is 41.8 Å². The number of halogens is 1. The molecule has 4 rings (SSSR count). The molecular weight excluding hydrogens is 315 g/mol. The Labute approximate surface area is 138 Å². The first-order chi connectivity index (χ1) is 11.3. The Kier molecular flexibility index (Phi) is 4.05. The third-order valence-corrected chi connectivity index (χ3v) is 5.45. The van der Waals surface area contributed by atoms with Crippen molar-refractivity contribution in [2.75, 3.05) is 26.3 Å². The molecule has 2 aromatic rings. The first-order valence-corrected chi connectivity index (χ1v) is 8.80. The van der Waals surface area contributed by atoms with Crippen molar-refractivity contribution in [1.29, 1.82) is 0 Å². The molecule has 0 radical (unpaired) electrons. The molecular formula is C17H19FN2O2S. The average Bonchev–Trinajstić information content (AvgIpc) is 3.16. The molecule has 0 unspecified atom stereocenters. The Morgan fingerprint density at radius 1 is 1.43 bits per heavy atom. The summed E-state index contributed by atoms with van der Waals surface area (Å²) in [7, 11) is 0. The van der Waals surface area contributed by atoms with E-state index in [-0.39, 0.29) is 11.5 Å². The van der Waals surface area contributed by atoms with Gasteiger partial charge in [-0.3, -0.25) is 4.90 Å². The second-order valence-corrected chi connectivity index (χ2v) is 7.06. The first-order valence-electron chi connectivity index (χ1n) is 7.86. The lowest BCUT2D eigenvalue weighted by Gasteiger charge is -2.50. The van der Waals surface area contributed by atoms with Gasteiger partial charge in [0, 0.05) is 38.4 Å². The second-order valence-electron chi connectivity index (χ2n) is 6.28. The highest BCUT2D eigenvalue weighted by molar-refractivity contribution is 7.07. The summed E-state index contributed by atoms with van der Waals surface area (Å²) < 4.78 is 25.2. The number of likely N-dealkylation sites (tertiary alicyclic amines) is 1. The van der Waals surface area contributed by atoms with E-state index in [0.29, 0.717) is 12.5 Å². The first kappa shape index (κ1) is 15.1. The highest BCUT2D eigenvalue weighted by Crippen LogP contribution is 2.40. The van der Waals surface area contributed by atoms with Crippen molar-refractivity contribution in [3.05, 3.63) is 46.5 Å². The molecule has 2 fully saturated rings. The number of hydrogen-bond acceptors (Lipinski definition) is 5. The number of ether oxygens (including phenoxy) is 2. The van der Waals surface area contributed by atoms with Crippen LogP contribution in [0.4, 0.5) is 4.39 Å². The van der Waals surface area contributed by atoms with Crippen molar-refractivity contribution >= 4 is 11.3 Å². The van der Waals surface area contributed by atoms with Crippen molar-refractivity contribution in [2.24, 2.45) is 5.92 Å². The lowest BCUT2D eigenvalue weighted by molar-refractivity contribution is -0.140. The molecule has 2 aromatic heterocycles. The highest BCUT2D eigenvalue weighted by Gasteiger charge is 2.53. The molecule has 23 heavy (non-hydrogen) atoms. The van der Waals surface area contributed by atoms with Gasteiger partial charge in [-0.15, -0.1) is 0 Å². The Hall–Kier alpha value is -1.50. The molecule has 2 aliphatic rings. The fraction of sp³-hybridized carbons (Fsp3) is 0.471. The molecule has 6 heteroatoms. The van der Waals surface area contributed by atoms with Gasteiger partial charge in [0.15, 0.2) is 5.82 Å². The Morgan fingerprint density at radius 3 is 3.13 bits per heavy atom. The quantitative estimate of drug-likeness (QED) is 0.842. The predicted molar refractivity (Wildman–Crippen MR) is 86.1 cm³/mol. The van der Waals surface area contributed by atoms with E-state index in [2.05, 4.69) is 26.7 Å². The van der Waals surface area contributed by atoms with Gasteiger partial charge in [-0.05, 0) is 40.9 Å². The van der Waals surface area contributed by atoms with Gasteiger partial charge in [-0.25, -0.2) is 9.37 Å². The molecule has 0 aliphatic carbocycles. The van der Waals surface area contributed by atoms with Gasteiger partial charge in [0.25, 0.3) is 0 Å². The predicted octanol–water partition coefficient (Wildman–Crippen LogP) is 2.95. The summed E-state index contributed by atoms with van der Waals surface area (Å²) in [5.74, 6) is -0.0280. The van der Waals surface area contributed by atoms with Crippen molar-refractivity contribution in [2.45, 2.75) is 18.6 Å². The fourth-order valence-electron chi connectivity index (χ4n) is 3.49. The van der Waals surface area contributed by atoms with Gasteiger partial charge in [-0.1, -0.05) is 0 Å². The molecule has 0 bridgehead atoms. The number of rotatable bonds is 5. The number of pyridine rings is 1. The molecule has 4 heterocycles. The zero-order chi connectivity index (χ0) is 15.7. The van der Waals surface area contributed by atoms with E-state index >= 15 is 0 Å². The van der Waals surface area contributed by atoms with E-state index in [0.717, 1.165) is 32.7 Å². The minimum absolute atomic E-state index is 0.0870. The Bertz CT molecular complexity index is 658. The highest BCUT2D eigenvalue weighted by atomic mass is 32.1. The van der Waals surface area contributed by atoms with Crippen LogP contribution in [0, 0.1) is 11.7 Å². The van der Waals surface area contributed by atoms with Crippen LogP contribution in [0.5, 0.6) is 5.88 Å². The number of aromatic nitrogens is 1. The monoisotopic (exact) mass is 334 g/mol. The zero-order valence-electron chi connectivity index (χ0n) is 12.8. The normalized spacial score (nSPS) is 23.1. The second kappa shape index (κ2) is 6.19. The van der Waals surface area contributed by atoms with Gasteiger partial charge in [-0.2, -0.15) is 11.3 Å². The Morgan fingerprint density at radius 2 is 2.35 bits per heavy atom. The molecule has 4 nitrogen and oxygen atoms in total. The molecule has 0 N–H and O–H groups in total. The summed E-state index contributed by atoms with van der Waals surface area (Å²) in [6.45, 7) is 4.02. The summed E-state index contributed by atoms with van der Waals surface area (Å²) >= 11 is 1.73. The molecule has 0 aromatic carbocycles. The summed E-state index contributed by atoms with van der Waals surface area (Å²) in [5, 5.41) is 4.29. The van der Waals surface area contributed by atoms with Crippen molar-refractivity contribution < 1.29 is 13.9 Å². The van der Waals surface area contributed by atoms with Gasteiger partial charge in [0.1, 0.15) is 0 Å². The fourth-order valence-corrected chi connectivity index (χ4v) is 4.15. The van der Waals surface area contributed by atoms with Crippen LogP contribution in [0.3, 0.4) is 0 Å². The van der Waals surface area contributed by atoms with E-state index in [1.807, 2.05) is 0 Å². The van der Waals surface area contributed by atoms with E-state index in [4.69, 9.17) is 9.47 Å². The molecule has 1 atom stereocenters. The van der Waals surface area contributed by atoms with Crippen LogP contribution < -0.4 is 4.74 Å². The maximum Gasteiger partial charge on any atom is 0.250 e. The zero-order valence-corrected chi connectivity index (χ0v) is 13.6. The number of nitrogens with zero attached hydrogens (tertiary/aromatic N) is 2. The third-order valence-electron chi connectivity index (χ3n) is 4.71. The van der Waals surface area contributed by atoms with Crippen molar-refractivity contribution in [1.82, 2.24) is 9.88 Å². The molecule has 1 spiro atoms. The van der Waals surface area contributed by atoms with Crippen LogP contribution in [-0.2, 0) is 11.3 Å². The topological polar surface area (TPSA) is 34.6 Å². The summed E-state index contributed by atoms with van der Waals surface area (Å²) in [6.07, 6.45) is 2.51. The van der Waals surface area contributed by atoms with Gasteiger partial charge in [0.05, 0.1) is 12.2 Å². The Balaban J connectivity index is 1.34. The smallest absolute Gasteiger partial charge is 0.250 e. The summed E-state index contributed by atoms with van der Waals surface area (Å²) in [4.78, 5) is 6.34. The van der Waals surface area contributed by atoms with Crippen LogP contribution >= 0.6 is 11.3 Å². The largest absolute Gasteiger partial charge is 0.475 e. The molecule has 0 saturated carbocycles. The van der Waals surface area contributed by atoms with E-state index in [1.165, 1.54) is 11.6 Å². The van der Waals surface area contributed by atoms with Crippen LogP contribution in [0.25, 0.3) is 0 Å². The van der Waals surface area contributed by atoms with E-state index < -0.39 is 5.82 Å². The minimum Gasteiger partial charge on any atom is -0.475 e. The number of hydrogen-bond donors (Lipinski definition) is 0. The lowest BCUT2D eigenvalue weighted by atomic mass is 9.81. The lowest BCUT2D eigenvalue weighted by Crippen LogP contribution is -2.64. The van der Waals surface area contributed by atoms with Crippen molar-refractivity contribution in [3.63, 3.8) is 0 Å².